The molecule has 0 spiro atoms. The first-order valence-corrected chi connectivity index (χ1v) is 12.0. The van der Waals surface area contributed by atoms with Gasteiger partial charge in [-0.25, -0.2) is 0 Å². The molecule has 4 rings (SSSR count). The molecule has 0 saturated carbocycles. The van der Waals surface area contributed by atoms with Gasteiger partial charge in [0.2, 0.25) is 0 Å². The summed E-state index contributed by atoms with van der Waals surface area (Å²) >= 11 is 7.71. The number of nitrogens with one attached hydrogen (secondary N) is 1. The van der Waals surface area contributed by atoms with E-state index in [9.17, 15) is 4.79 Å². The fourth-order valence-corrected chi connectivity index (χ4v) is 5.31. The molecule has 168 valence electrons. The van der Waals surface area contributed by atoms with Crippen LogP contribution < -0.4 is 15.0 Å². The Balaban J connectivity index is 1.44. The topological polar surface area (TPSA) is 44.8 Å². The van der Waals surface area contributed by atoms with Crippen LogP contribution in [0.5, 0.6) is 5.75 Å². The first kappa shape index (κ1) is 22.6. The maximum atomic E-state index is 12.8. The second kappa shape index (κ2) is 10.4. The van der Waals surface area contributed by atoms with Gasteiger partial charge in [0.25, 0.3) is 5.91 Å². The number of amides is 1. The van der Waals surface area contributed by atoms with E-state index in [-0.39, 0.29) is 18.0 Å². The number of thiophene rings is 1. The van der Waals surface area contributed by atoms with Crippen LogP contribution in [-0.4, -0.2) is 50.1 Å². The van der Waals surface area contributed by atoms with E-state index in [0.717, 1.165) is 31.9 Å². The van der Waals surface area contributed by atoms with E-state index in [1.807, 2.05) is 12.1 Å². The van der Waals surface area contributed by atoms with Crippen LogP contribution in [0.15, 0.2) is 66.0 Å². The third-order valence-electron chi connectivity index (χ3n) is 5.92. The van der Waals surface area contributed by atoms with Crippen LogP contribution in [0.3, 0.4) is 0 Å². The SMILES string of the molecule is COc1ccc(N2CCN([C@H](c3cccs3)[C@H](C)NC(=O)c3ccc(Cl)cc3)CC2)cc1. The molecule has 1 amide bonds. The Bertz CT molecular complexity index is 1000. The largest absolute Gasteiger partial charge is 0.497 e. The van der Waals surface area contributed by atoms with Gasteiger partial charge in [-0.05, 0) is 66.9 Å². The van der Waals surface area contributed by atoms with Gasteiger partial charge in [-0.3, -0.25) is 9.69 Å². The predicted molar refractivity (Wildman–Crippen MR) is 132 cm³/mol. The number of carbonyl (C=O) groups is 1. The normalized spacial score (nSPS) is 16.4. The molecule has 0 unspecified atom stereocenters. The number of carbonyl (C=O) groups excluding carboxylic acids is 1. The number of benzene rings is 2. The second-order valence-electron chi connectivity index (χ2n) is 7.95. The molecule has 1 aliphatic rings. The van der Waals surface area contributed by atoms with Crippen molar-refractivity contribution in [3.8, 4) is 5.75 Å². The highest BCUT2D eigenvalue weighted by atomic mass is 35.5. The summed E-state index contributed by atoms with van der Waals surface area (Å²) in [4.78, 5) is 19.0. The van der Waals surface area contributed by atoms with Gasteiger partial charge >= 0.3 is 0 Å². The number of nitrogens with zero attached hydrogens (tertiary/aromatic N) is 2. The molecule has 2 aromatic carbocycles. The Kier molecular flexibility index (Phi) is 7.35. The minimum atomic E-state index is -0.0763. The van der Waals surface area contributed by atoms with Gasteiger partial charge in [-0.1, -0.05) is 17.7 Å². The molecule has 1 fully saturated rings. The number of piperazine rings is 1. The average molecular weight is 470 g/mol. The van der Waals surface area contributed by atoms with E-state index in [4.69, 9.17) is 16.3 Å². The van der Waals surface area contributed by atoms with E-state index in [1.54, 1.807) is 42.7 Å². The van der Waals surface area contributed by atoms with Crippen molar-refractivity contribution in [3.05, 3.63) is 81.5 Å². The van der Waals surface area contributed by atoms with Gasteiger partial charge in [-0.15, -0.1) is 11.3 Å². The number of ether oxygens (including phenoxy) is 1. The second-order valence-corrected chi connectivity index (χ2v) is 9.37. The van der Waals surface area contributed by atoms with Gasteiger partial charge in [0.05, 0.1) is 13.2 Å². The fraction of sp³-hybridized carbons (Fsp3) is 0.320. The zero-order valence-corrected chi connectivity index (χ0v) is 19.9. The Morgan fingerprint density at radius 1 is 1.03 bits per heavy atom. The molecule has 2 atom stereocenters. The lowest BCUT2D eigenvalue weighted by Gasteiger charge is -2.42. The van der Waals surface area contributed by atoms with Crippen molar-refractivity contribution < 1.29 is 9.53 Å². The van der Waals surface area contributed by atoms with Crippen LogP contribution >= 0.6 is 22.9 Å². The smallest absolute Gasteiger partial charge is 0.251 e. The van der Waals surface area contributed by atoms with Crippen LogP contribution in [0.1, 0.15) is 28.2 Å². The van der Waals surface area contributed by atoms with E-state index in [1.165, 1.54) is 10.6 Å². The van der Waals surface area contributed by atoms with Crippen LogP contribution in [0.4, 0.5) is 5.69 Å². The van der Waals surface area contributed by atoms with Crippen LogP contribution in [0, 0.1) is 0 Å². The number of anilines is 1. The van der Waals surface area contributed by atoms with Crippen molar-refractivity contribution in [1.29, 1.82) is 0 Å². The van der Waals surface area contributed by atoms with Crippen molar-refractivity contribution in [2.24, 2.45) is 0 Å². The summed E-state index contributed by atoms with van der Waals surface area (Å²) < 4.78 is 5.28. The van der Waals surface area contributed by atoms with E-state index >= 15 is 0 Å². The lowest BCUT2D eigenvalue weighted by atomic mass is 10.0. The fourth-order valence-electron chi connectivity index (χ4n) is 4.22. The molecule has 1 N–H and O–H groups in total. The van der Waals surface area contributed by atoms with Crippen LogP contribution in [0.2, 0.25) is 5.02 Å². The van der Waals surface area contributed by atoms with Crippen molar-refractivity contribution in [2.45, 2.75) is 19.0 Å². The number of hydrogen-bond acceptors (Lipinski definition) is 5. The number of hydrogen-bond donors (Lipinski definition) is 1. The van der Waals surface area contributed by atoms with E-state index < -0.39 is 0 Å². The highest BCUT2D eigenvalue weighted by Crippen LogP contribution is 2.30. The first-order valence-electron chi connectivity index (χ1n) is 10.8. The lowest BCUT2D eigenvalue weighted by molar-refractivity contribution is 0.0890. The van der Waals surface area contributed by atoms with Gasteiger partial charge < -0.3 is 15.0 Å². The van der Waals surface area contributed by atoms with Crippen LogP contribution in [-0.2, 0) is 0 Å². The summed E-state index contributed by atoms with van der Waals surface area (Å²) in [6, 6.07) is 19.6. The standard InChI is InChI=1S/C25H28ClN3O2S/c1-18(27-25(30)19-5-7-20(26)8-6-19)24(23-4-3-17-32-23)29-15-13-28(14-16-29)21-9-11-22(31-2)12-10-21/h3-12,17-18,24H,13-16H2,1-2H3,(H,27,30)/t18-,24-/m0/s1. The number of methoxy groups -OCH3 is 1. The Labute approximate surface area is 198 Å². The number of halogens is 1. The van der Waals surface area contributed by atoms with Gasteiger partial charge in [0, 0.05) is 53.4 Å². The Hall–Kier alpha value is -2.54. The summed E-state index contributed by atoms with van der Waals surface area (Å²) in [6.45, 7) is 5.82. The lowest BCUT2D eigenvalue weighted by Crippen LogP contribution is -2.52. The Morgan fingerprint density at radius 3 is 2.31 bits per heavy atom. The summed E-state index contributed by atoms with van der Waals surface area (Å²) in [7, 11) is 1.69. The van der Waals surface area contributed by atoms with Gasteiger partial charge in [0.15, 0.2) is 0 Å². The van der Waals surface area contributed by atoms with Gasteiger partial charge in [0.1, 0.15) is 5.75 Å². The monoisotopic (exact) mass is 469 g/mol. The zero-order chi connectivity index (χ0) is 22.5. The quantitative estimate of drug-likeness (QED) is 0.523. The summed E-state index contributed by atoms with van der Waals surface area (Å²) in [5.74, 6) is 0.794. The Morgan fingerprint density at radius 2 is 1.72 bits per heavy atom. The molecule has 32 heavy (non-hydrogen) atoms. The molecule has 1 aliphatic heterocycles. The minimum Gasteiger partial charge on any atom is -0.497 e. The summed E-state index contributed by atoms with van der Waals surface area (Å²) in [6.07, 6.45) is 0. The maximum Gasteiger partial charge on any atom is 0.251 e. The van der Waals surface area contributed by atoms with Crippen molar-refractivity contribution in [2.75, 3.05) is 38.2 Å². The first-order chi connectivity index (χ1) is 15.5. The zero-order valence-electron chi connectivity index (χ0n) is 18.3. The summed E-state index contributed by atoms with van der Waals surface area (Å²) in [5.41, 5.74) is 1.83. The van der Waals surface area contributed by atoms with Crippen molar-refractivity contribution >= 4 is 34.5 Å². The van der Waals surface area contributed by atoms with E-state index in [0.29, 0.717) is 10.6 Å². The van der Waals surface area contributed by atoms with Gasteiger partial charge in [-0.2, -0.15) is 0 Å². The molecular formula is C25H28ClN3O2S. The highest BCUT2D eigenvalue weighted by molar-refractivity contribution is 7.10. The third-order valence-corrected chi connectivity index (χ3v) is 7.11. The van der Waals surface area contributed by atoms with E-state index in [2.05, 4.69) is 51.7 Å². The molecule has 1 saturated heterocycles. The molecule has 0 bridgehead atoms. The molecule has 5 nitrogen and oxygen atoms in total. The summed E-state index contributed by atoms with van der Waals surface area (Å²) in [5, 5.41) is 5.94. The molecule has 0 radical (unpaired) electrons. The minimum absolute atomic E-state index is 0.0376. The predicted octanol–water partition coefficient (Wildman–Crippen LogP) is 5.09. The molecular weight excluding hydrogens is 442 g/mol. The van der Waals surface area contributed by atoms with Crippen molar-refractivity contribution in [1.82, 2.24) is 10.2 Å². The molecule has 2 heterocycles. The molecule has 7 heteroatoms. The highest BCUT2D eigenvalue weighted by Gasteiger charge is 2.31. The van der Waals surface area contributed by atoms with Crippen LogP contribution in [0.25, 0.3) is 0 Å². The molecule has 0 aliphatic carbocycles. The van der Waals surface area contributed by atoms with Crippen molar-refractivity contribution in [3.63, 3.8) is 0 Å². The average Bonchev–Trinajstić information content (AvgIpc) is 3.34. The molecule has 3 aromatic rings. The third kappa shape index (κ3) is 5.26. The maximum absolute atomic E-state index is 12.8. The number of rotatable bonds is 7. The molecule has 1 aromatic heterocycles.